The SMILES string of the molecule is N#Cc1cc2ccccc2c(C(=O)NC2CCCCC2)c1CN1CCC(N2CCCCC2)CC1. The predicted molar refractivity (Wildman–Crippen MR) is 137 cm³/mol. The van der Waals surface area contributed by atoms with Gasteiger partial charge in [0.25, 0.3) is 5.91 Å². The monoisotopic (exact) mass is 458 g/mol. The lowest BCUT2D eigenvalue weighted by Crippen LogP contribution is -2.46. The topological polar surface area (TPSA) is 59.4 Å². The first-order valence-corrected chi connectivity index (χ1v) is 13.4. The normalized spacial score (nSPS) is 21.4. The Morgan fingerprint density at radius 1 is 0.941 bits per heavy atom. The van der Waals surface area contributed by atoms with Crippen molar-refractivity contribution in [1.29, 1.82) is 5.26 Å². The van der Waals surface area contributed by atoms with E-state index in [0.29, 0.717) is 18.2 Å². The molecule has 2 heterocycles. The molecule has 1 amide bonds. The third-order valence-corrected chi connectivity index (χ3v) is 8.29. The summed E-state index contributed by atoms with van der Waals surface area (Å²) in [6, 6.07) is 13.4. The van der Waals surface area contributed by atoms with E-state index in [1.165, 1.54) is 64.5 Å². The molecular formula is C29H38N4O. The number of hydrogen-bond acceptors (Lipinski definition) is 4. The van der Waals surface area contributed by atoms with Crippen LogP contribution in [-0.2, 0) is 6.54 Å². The van der Waals surface area contributed by atoms with Crippen LogP contribution in [-0.4, -0.2) is 54.0 Å². The summed E-state index contributed by atoms with van der Waals surface area (Å²) in [6.07, 6.45) is 12.1. The molecule has 0 aromatic heterocycles. The molecule has 2 aromatic rings. The Bertz CT molecular complexity index is 1040. The number of rotatable bonds is 5. The largest absolute Gasteiger partial charge is 0.349 e. The van der Waals surface area contributed by atoms with Gasteiger partial charge in [0.1, 0.15) is 0 Å². The minimum Gasteiger partial charge on any atom is -0.349 e. The molecule has 180 valence electrons. The Balaban J connectivity index is 1.39. The first kappa shape index (κ1) is 23.3. The molecule has 5 nitrogen and oxygen atoms in total. The van der Waals surface area contributed by atoms with Gasteiger partial charge >= 0.3 is 0 Å². The van der Waals surface area contributed by atoms with Crippen molar-refractivity contribution in [3.05, 3.63) is 47.0 Å². The molecule has 1 N–H and O–H groups in total. The second-order valence-corrected chi connectivity index (χ2v) is 10.5. The molecule has 2 aliphatic heterocycles. The molecule has 0 spiro atoms. The molecule has 1 aliphatic carbocycles. The van der Waals surface area contributed by atoms with Gasteiger partial charge in [-0.1, -0.05) is 49.9 Å². The number of nitrogens with zero attached hydrogens (tertiary/aromatic N) is 3. The maximum absolute atomic E-state index is 13.7. The fraction of sp³-hybridized carbons (Fsp3) is 0.586. The van der Waals surface area contributed by atoms with Crippen molar-refractivity contribution >= 4 is 16.7 Å². The van der Waals surface area contributed by atoms with E-state index in [9.17, 15) is 10.1 Å². The second-order valence-electron chi connectivity index (χ2n) is 10.5. The number of nitrogens with one attached hydrogen (secondary N) is 1. The number of hydrogen-bond donors (Lipinski definition) is 1. The summed E-state index contributed by atoms with van der Waals surface area (Å²) in [5.41, 5.74) is 2.27. The van der Waals surface area contributed by atoms with Crippen LogP contribution in [0.15, 0.2) is 30.3 Å². The molecule has 0 bridgehead atoms. The molecule has 1 saturated carbocycles. The highest BCUT2D eigenvalue weighted by Gasteiger charge is 2.28. The highest BCUT2D eigenvalue weighted by Crippen LogP contribution is 2.30. The van der Waals surface area contributed by atoms with Crippen molar-refractivity contribution in [2.45, 2.75) is 82.8 Å². The van der Waals surface area contributed by atoms with Crippen molar-refractivity contribution in [2.24, 2.45) is 0 Å². The Morgan fingerprint density at radius 2 is 1.65 bits per heavy atom. The van der Waals surface area contributed by atoms with Crippen LogP contribution in [0, 0.1) is 11.3 Å². The molecule has 34 heavy (non-hydrogen) atoms. The van der Waals surface area contributed by atoms with E-state index in [4.69, 9.17) is 0 Å². The van der Waals surface area contributed by atoms with E-state index in [1.807, 2.05) is 30.3 Å². The standard InChI is InChI=1S/C29H38N4O/c30-20-23-19-22-9-5-6-12-26(22)28(29(34)31-24-10-3-1-4-11-24)27(23)21-32-17-13-25(14-18-32)33-15-7-2-8-16-33/h5-6,9,12,19,24-25H,1-4,7-8,10-11,13-18,21H2,(H,31,34). The summed E-state index contributed by atoms with van der Waals surface area (Å²) in [7, 11) is 0. The fourth-order valence-corrected chi connectivity index (χ4v) is 6.37. The van der Waals surface area contributed by atoms with Crippen LogP contribution in [0.1, 0.15) is 85.7 Å². The lowest BCUT2D eigenvalue weighted by molar-refractivity contribution is 0.0880. The summed E-state index contributed by atoms with van der Waals surface area (Å²) < 4.78 is 0. The fourth-order valence-electron chi connectivity index (χ4n) is 6.37. The van der Waals surface area contributed by atoms with E-state index in [2.05, 4.69) is 21.2 Å². The maximum atomic E-state index is 13.7. The van der Waals surface area contributed by atoms with Crippen LogP contribution in [0.4, 0.5) is 0 Å². The third-order valence-electron chi connectivity index (χ3n) is 8.29. The van der Waals surface area contributed by atoms with Crippen molar-refractivity contribution in [1.82, 2.24) is 15.1 Å². The van der Waals surface area contributed by atoms with Crippen molar-refractivity contribution in [3.8, 4) is 6.07 Å². The Morgan fingerprint density at radius 3 is 2.38 bits per heavy atom. The zero-order valence-corrected chi connectivity index (χ0v) is 20.4. The molecule has 0 atom stereocenters. The number of amides is 1. The minimum absolute atomic E-state index is 0.00148. The van der Waals surface area contributed by atoms with E-state index < -0.39 is 0 Å². The molecule has 2 aromatic carbocycles. The van der Waals surface area contributed by atoms with Crippen molar-refractivity contribution < 1.29 is 4.79 Å². The van der Waals surface area contributed by atoms with Crippen LogP contribution in [0.2, 0.25) is 0 Å². The van der Waals surface area contributed by atoms with Crippen molar-refractivity contribution in [3.63, 3.8) is 0 Å². The number of benzene rings is 2. The summed E-state index contributed by atoms with van der Waals surface area (Å²) >= 11 is 0. The zero-order valence-electron chi connectivity index (χ0n) is 20.4. The van der Waals surface area contributed by atoms with Crippen LogP contribution < -0.4 is 5.32 Å². The number of carbonyl (C=O) groups excluding carboxylic acids is 1. The lowest BCUT2D eigenvalue weighted by Gasteiger charge is -2.40. The first-order valence-electron chi connectivity index (χ1n) is 13.4. The van der Waals surface area contributed by atoms with E-state index in [-0.39, 0.29) is 11.9 Å². The van der Waals surface area contributed by atoms with Gasteiger partial charge in [-0.25, -0.2) is 0 Å². The van der Waals surface area contributed by atoms with E-state index >= 15 is 0 Å². The van der Waals surface area contributed by atoms with Gasteiger partial charge in [-0.05, 0) is 87.1 Å². The molecule has 5 heteroatoms. The molecule has 0 radical (unpaired) electrons. The number of fused-ring (bicyclic) bond motifs is 1. The Labute approximate surface area is 204 Å². The van der Waals surface area contributed by atoms with Gasteiger partial charge in [0, 0.05) is 18.6 Å². The third kappa shape index (κ3) is 5.14. The number of piperidine rings is 2. The van der Waals surface area contributed by atoms with Gasteiger partial charge in [-0.15, -0.1) is 0 Å². The Hall–Kier alpha value is -2.42. The van der Waals surface area contributed by atoms with Gasteiger partial charge in [0.15, 0.2) is 0 Å². The summed E-state index contributed by atoms with van der Waals surface area (Å²) in [4.78, 5) is 18.8. The van der Waals surface area contributed by atoms with Crippen LogP contribution in [0.25, 0.3) is 10.8 Å². The Kier molecular flexibility index (Phi) is 7.47. The van der Waals surface area contributed by atoms with Gasteiger partial charge in [-0.2, -0.15) is 5.26 Å². The maximum Gasteiger partial charge on any atom is 0.252 e. The molecule has 5 rings (SSSR count). The minimum atomic E-state index is -0.00148. The van der Waals surface area contributed by atoms with Crippen LogP contribution in [0.3, 0.4) is 0 Å². The molecule has 2 saturated heterocycles. The van der Waals surface area contributed by atoms with Gasteiger partial charge in [-0.3, -0.25) is 9.69 Å². The van der Waals surface area contributed by atoms with E-state index in [0.717, 1.165) is 47.8 Å². The number of nitriles is 1. The molecule has 0 unspecified atom stereocenters. The first-order chi connectivity index (χ1) is 16.7. The number of likely N-dealkylation sites (tertiary alicyclic amines) is 2. The number of carbonyl (C=O) groups is 1. The summed E-state index contributed by atoms with van der Waals surface area (Å²) in [5, 5.41) is 15.3. The molecule has 3 aliphatic rings. The van der Waals surface area contributed by atoms with Crippen LogP contribution >= 0.6 is 0 Å². The molecule has 3 fully saturated rings. The summed E-state index contributed by atoms with van der Waals surface area (Å²) in [5.74, 6) is -0.00148. The summed E-state index contributed by atoms with van der Waals surface area (Å²) in [6.45, 7) is 5.23. The average Bonchev–Trinajstić information content (AvgIpc) is 2.89. The van der Waals surface area contributed by atoms with E-state index in [1.54, 1.807) is 0 Å². The highest BCUT2D eigenvalue weighted by atomic mass is 16.1. The van der Waals surface area contributed by atoms with Gasteiger partial charge in [0.05, 0.1) is 17.2 Å². The lowest BCUT2D eigenvalue weighted by atomic mass is 9.91. The van der Waals surface area contributed by atoms with Crippen molar-refractivity contribution in [2.75, 3.05) is 26.2 Å². The van der Waals surface area contributed by atoms with Gasteiger partial charge < -0.3 is 10.2 Å². The second kappa shape index (κ2) is 10.9. The van der Waals surface area contributed by atoms with Gasteiger partial charge in [0.2, 0.25) is 0 Å². The average molecular weight is 459 g/mol. The quantitative estimate of drug-likeness (QED) is 0.667. The highest BCUT2D eigenvalue weighted by molar-refractivity contribution is 6.09. The smallest absolute Gasteiger partial charge is 0.252 e. The molecular weight excluding hydrogens is 420 g/mol. The predicted octanol–water partition coefficient (Wildman–Crippen LogP) is 5.22. The van der Waals surface area contributed by atoms with Crippen LogP contribution in [0.5, 0.6) is 0 Å². The zero-order chi connectivity index (χ0) is 23.3.